The Kier molecular flexibility index (Phi) is 7.55. The van der Waals surface area contributed by atoms with Crippen LogP contribution in [0.2, 0.25) is 0 Å². The summed E-state index contributed by atoms with van der Waals surface area (Å²) in [6.45, 7) is 3.61. The van der Waals surface area contributed by atoms with Gasteiger partial charge >= 0.3 is 0 Å². The standard InChI is InChI=1S/C21H24BrN3O5S/c1-2-30-19-7-5-18(6-8-19)25(31(28,29)20-9-3-17(22)4-10-20)15-21(27)24-13-11-23(16-26)12-14-24/h3-10,16H,2,11-15H2,1H3. The van der Waals surface area contributed by atoms with Crippen LogP contribution in [0.15, 0.2) is 57.9 Å². The van der Waals surface area contributed by atoms with Crippen LogP contribution in [0.5, 0.6) is 5.75 Å². The highest BCUT2D eigenvalue weighted by atomic mass is 79.9. The SMILES string of the molecule is CCOc1ccc(N(CC(=O)N2CCN(C=O)CC2)S(=O)(=O)c2ccc(Br)cc2)cc1. The first-order valence-corrected chi connectivity index (χ1v) is 12.1. The molecule has 0 radical (unpaired) electrons. The number of ether oxygens (including phenoxy) is 1. The van der Waals surface area contributed by atoms with Crippen molar-refractivity contribution in [1.82, 2.24) is 9.80 Å². The maximum absolute atomic E-state index is 13.4. The van der Waals surface area contributed by atoms with Crippen molar-refractivity contribution in [2.24, 2.45) is 0 Å². The van der Waals surface area contributed by atoms with Crippen molar-refractivity contribution < 1.29 is 22.7 Å². The van der Waals surface area contributed by atoms with E-state index in [1.165, 1.54) is 12.1 Å². The molecule has 1 aliphatic heterocycles. The molecule has 0 spiro atoms. The predicted octanol–water partition coefficient (Wildman–Crippen LogP) is 2.34. The molecule has 0 unspecified atom stereocenters. The zero-order valence-corrected chi connectivity index (χ0v) is 19.5. The summed E-state index contributed by atoms with van der Waals surface area (Å²) >= 11 is 3.31. The van der Waals surface area contributed by atoms with Crippen LogP contribution in [0.25, 0.3) is 0 Å². The second kappa shape index (κ2) is 10.1. The van der Waals surface area contributed by atoms with Gasteiger partial charge in [0.2, 0.25) is 12.3 Å². The Morgan fingerprint density at radius 1 is 1.06 bits per heavy atom. The molecule has 2 aromatic carbocycles. The van der Waals surface area contributed by atoms with Gasteiger partial charge in [0, 0.05) is 30.7 Å². The first-order chi connectivity index (χ1) is 14.8. The second-order valence-corrected chi connectivity index (χ2v) is 9.69. The number of hydrogen-bond donors (Lipinski definition) is 0. The van der Waals surface area contributed by atoms with Gasteiger partial charge in [-0.25, -0.2) is 8.42 Å². The zero-order valence-electron chi connectivity index (χ0n) is 17.1. The van der Waals surface area contributed by atoms with Crippen molar-refractivity contribution in [3.8, 4) is 5.75 Å². The van der Waals surface area contributed by atoms with Crippen LogP contribution in [0.3, 0.4) is 0 Å². The lowest BCUT2D eigenvalue weighted by Gasteiger charge is -2.34. The molecule has 0 bridgehead atoms. The van der Waals surface area contributed by atoms with Gasteiger partial charge in [-0.3, -0.25) is 13.9 Å². The van der Waals surface area contributed by atoms with Crippen LogP contribution in [0.4, 0.5) is 5.69 Å². The van der Waals surface area contributed by atoms with Gasteiger partial charge in [0.15, 0.2) is 0 Å². The number of nitrogens with zero attached hydrogens (tertiary/aromatic N) is 3. The third kappa shape index (κ3) is 5.56. The largest absolute Gasteiger partial charge is 0.494 e. The van der Waals surface area contributed by atoms with Crippen molar-refractivity contribution in [3.63, 3.8) is 0 Å². The van der Waals surface area contributed by atoms with Crippen molar-refractivity contribution in [3.05, 3.63) is 53.0 Å². The average molecular weight is 510 g/mol. The van der Waals surface area contributed by atoms with E-state index in [1.54, 1.807) is 46.2 Å². The maximum atomic E-state index is 13.4. The van der Waals surface area contributed by atoms with Crippen molar-refractivity contribution in [1.29, 1.82) is 0 Å². The Labute approximate surface area is 190 Å². The maximum Gasteiger partial charge on any atom is 0.264 e. The highest BCUT2D eigenvalue weighted by molar-refractivity contribution is 9.10. The van der Waals surface area contributed by atoms with E-state index >= 15 is 0 Å². The molecule has 1 fully saturated rings. The molecule has 0 N–H and O–H groups in total. The Hall–Kier alpha value is -2.59. The summed E-state index contributed by atoms with van der Waals surface area (Å²) < 4.78 is 34.2. The zero-order chi connectivity index (χ0) is 22.4. The highest BCUT2D eigenvalue weighted by Crippen LogP contribution is 2.27. The molecule has 2 amide bonds. The molecule has 0 aromatic heterocycles. The number of piperazine rings is 1. The Balaban J connectivity index is 1.89. The molecule has 8 nitrogen and oxygen atoms in total. The smallest absolute Gasteiger partial charge is 0.264 e. The van der Waals surface area contributed by atoms with Crippen molar-refractivity contribution >= 4 is 44.0 Å². The van der Waals surface area contributed by atoms with Crippen LogP contribution in [-0.4, -0.2) is 69.9 Å². The first-order valence-electron chi connectivity index (χ1n) is 9.83. The monoisotopic (exact) mass is 509 g/mol. The summed E-state index contributed by atoms with van der Waals surface area (Å²) in [6, 6.07) is 12.9. The molecular weight excluding hydrogens is 486 g/mol. The van der Waals surface area contributed by atoms with Crippen molar-refractivity contribution in [2.45, 2.75) is 11.8 Å². The number of amides is 2. The molecular formula is C21H24BrN3O5S. The molecule has 1 aliphatic rings. The van der Waals surface area contributed by atoms with Gasteiger partial charge in [-0.05, 0) is 55.5 Å². The van der Waals surface area contributed by atoms with Gasteiger partial charge < -0.3 is 14.5 Å². The lowest BCUT2D eigenvalue weighted by atomic mass is 10.3. The summed E-state index contributed by atoms with van der Waals surface area (Å²) in [4.78, 5) is 27.1. The molecule has 1 heterocycles. The second-order valence-electron chi connectivity index (χ2n) is 6.91. The Morgan fingerprint density at radius 2 is 1.68 bits per heavy atom. The first kappa shape index (κ1) is 23.1. The third-order valence-corrected chi connectivity index (χ3v) is 7.25. The number of carbonyl (C=O) groups is 2. The number of benzene rings is 2. The lowest BCUT2D eigenvalue weighted by Crippen LogP contribution is -2.51. The minimum Gasteiger partial charge on any atom is -0.494 e. The minimum atomic E-state index is -3.99. The lowest BCUT2D eigenvalue weighted by molar-refractivity contribution is -0.133. The molecule has 166 valence electrons. The number of sulfonamides is 1. The van der Waals surface area contributed by atoms with E-state index in [0.29, 0.717) is 44.2 Å². The van der Waals surface area contributed by atoms with Crippen LogP contribution in [-0.2, 0) is 19.6 Å². The molecule has 10 heteroatoms. The van der Waals surface area contributed by atoms with Crippen LogP contribution < -0.4 is 9.04 Å². The summed E-state index contributed by atoms with van der Waals surface area (Å²) in [6.07, 6.45) is 0.756. The molecule has 0 atom stereocenters. The van der Waals surface area contributed by atoms with E-state index in [0.717, 1.165) is 15.2 Å². The fourth-order valence-electron chi connectivity index (χ4n) is 3.22. The summed E-state index contributed by atoms with van der Waals surface area (Å²) in [5, 5.41) is 0. The molecule has 31 heavy (non-hydrogen) atoms. The predicted molar refractivity (Wildman–Crippen MR) is 121 cm³/mol. The summed E-state index contributed by atoms with van der Waals surface area (Å²) in [7, 11) is -3.99. The Morgan fingerprint density at radius 3 is 2.23 bits per heavy atom. The molecule has 2 aromatic rings. The Bertz CT molecular complexity index is 1000. The minimum absolute atomic E-state index is 0.0863. The van der Waals surface area contributed by atoms with Gasteiger partial charge in [-0.15, -0.1) is 0 Å². The van der Waals surface area contributed by atoms with Crippen LogP contribution in [0.1, 0.15) is 6.92 Å². The summed E-state index contributed by atoms with van der Waals surface area (Å²) in [5.74, 6) is 0.295. The van der Waals surface area contributed by atoms with E-state index in [4.69, 9.17) is 4.74 Å². The van der Waals surface area contributed by atoms with E-state index in [1.807, 2.05) is 6.92 Å². The fraction of sp³-hybridized carbons (Fsp3) is 0.333. The topological polar surface area (TPSA) is 87.2 Å². The number of anilines is 1. The third-order valence-electron chi connectivity index (χ3n) is 4.93. The van der Waals surface area contributed by atoms with Gasteiger partial charge in [-0.2, -0.15) is 0 Å². The van der Waals surface area contributed by atoms with E-state index < -0.39 is 10.0 Å². The van der Waals surface area contributed by atoms with Gasteiger partial charge in [-0.1, -0.05) is 15.9 Å². The quantitative estimate of drug-likeness (QED) is 0.509. The molecule has 0 aliphatic carbocycles. The number of halogens is 1. The number of carbonyl (C=O) groups excluding carboxylic acids is 2. The van der Waals surface area contributed by atoms with Gasteiger partial charge in [0.25, 0.3) is 10.0 Å². The van der Waals surface area contributed by atoms with E-state index in [2.05, 4.69) is 15.9 Å². The fourth-order valence-corrected chi connectivity index (χ4v) is 4.90. The van der Waals surface area contributed by atoms with E-state index in [9.17, 15) is 18.0 Å². The highest BCUT2D eigenvalue weighted by Gasteiger charge is 2.30. The molecule has 0 saturated carbocycles. The number of rotatable bonds is 8. The molecule has 3 rings (SSSR count). The van der Waals surface area contributed by atoms with Gasteiger partial charge in [0.1, 0.15) is 12.3 Å². The average Bonchev–Trinajstić information content (AvgIpc) is 2.78. The number of hydrogen-bond acceptors (Lipinski definition) is 5. The molecule has 1 saturated heterocycles. The van der Waals surface area contributed by atoms with Gasteiger partial charge in [0.05, 0.1) is 17.2 Å². The van der Waals surface area contributed by atoms with Crippen molar-refractivity contribution in [2.75, 3.05) is 43.6 Å². The van der Waals surface area contributed by atoms with E-state index in [-0.39, 0.29) is 17.3 Å². The van der Waals surface area contributed by atoms with Crippen LogP contribution in [0, 0.1) is 0 Å². The van der Waals surface area contributed by atoms with Crippen LogP contribution >= 0.6 is 15.9 Å². The normalized spacial score (nSPS) is 14.3. The summed E-state index contributed by atoms with van der Waals surface area (Å²) in [5.41, 5.74) is 0.367.